The van der Waals surface area contributed by atoms with E-state index in [1.165, 1.54) is 0 Å². The third kappa shape index (κ3) is 15.1. The van der Waals surface area contributed by atoms with E-state index in [0.29, 0.717) is 0 Å². The molecule has 60 heavy (non-hydrogen) atoms. The summed E-state index contributed by atoms with van der Waals surface area (Å²) in [5.74, 6) is -4.58. The van der Waals surface area contributed by atoms with Crippen LogP contribution >= 0.6 is 15.6 Å². The minimum absolute atomic E-state index is 0.402. The Bertz CT molecular complexity index is 1510. The third-order valence-corrected chi connectivity index (χ3v) is 10.2. The van der Waals surface area contributed by atoms with E-state index >= 15 is 0 Å². The van der Waals surface area contributed by atoms with Gasteiger partial charge in [0.25, 0.3) is 7.82 Å². The molecule has 2 amide bonds. The summed E-state index contributed by atoms with van der Waals surface area (Å²) in [7, 11) is -11.8. The van der Waals surface area contributed by atoms with E-state index in [1.807, 2.05) is 0 Å². The monoisotopic (exact) mass is 917 g/mol. The predicted molar refractivity (Wildman–Crippen MR) is 177 cm³/mol. The van der Waals surface area contributed by atoms with Gasteiger partial charge in [-0.15, -0.1) is 0 Å². The first-order valence-corrected chi connectivity index (χ1v) is 20.9. The number of ether oxygens (including phenoxy) is 6. The number of carbonyl (C=O) groups excluding carboxylic acids is 4. The van der Waals surface area contributed by atoms with E-state index in [9.17, 15) is 83.8 Å². The molecule has 31 heteroatoms. The first-order chi connectivity index (χ1) is 28.2. The molecule has 3 rings (SSSR count). The number of phosphoric ester groups is 2. The molecule has 0 saturated carbocycles. The van der Waals surface area contributed by atoms with Crippen LogP contribution in [0.1, 0.15) is 25.7 Å². The predicted octanol–water partition coefficient (Wildman–Crippen LogP) is -10.5. The minimum atomic E-state index is -6.00. The Hall–Kier alpha value is -2.42. The topological polar surface area (TPSA) is 468 Å². The van der Waals surface area contributed by atoms with Gasteiger partial charge in [-0.25, -0.2) is 0 Å². The van der Waals surface area contributed by atoms with Crippen molar-refractivity contribution in [2.45, 2.75) is 112 Å². The summed E-state index contributed by atoms with van der Waals surface area (Å²) >= 11 is 0. The molecule has 29 nitrogen and oxygen atoms in total. The van der Waals surface area contributed by atoms with Gasteiger partial charge in [-0.1, -0.05) is 0 Å². The Morgan fingerprint density at radius 3 is 1.67 bits per heavy atom. The van der Waals surface area contributed by atoms with Crippen LogP contribution in [-0.4, -0.2) is 197 Å². The second-order valence-corrected chi connectivity index (χ2v) is 15.6. The smallest absolute Gasteiger partial charge is 0.308 e. The molecule has 13 N–H and O–H groups in total. The number of hydrogen-bond donors (Lipinski definition) is 11. The number of nitrogens with one attached hydrogen (secondary N) is 2. The molecular weight excluding hydrogens is 868 g/mol. The van der Waals surface area contributed by atoms with Crippen LogP contribution < -0.4 is 31.0 Å². The van der Waals surface area contributed by atoms with Crippen LogP contribution in [0.5, 0.6) is 0 Å². The summed E-state index contributed by atoms with van der Waals surface area (Å²) in [6.45, 7) is -5.78. The van der Waals surface area contributed by atoms with E-state index in [4.69, 9.17) is 37.5 Å². The van der Waals surface area contributed by atoms with Gasteiger partial charge in [0.1, 0.15) is 61.4 Å². The van der Waals surface area contributed by atoms with Crippen LogP contribution in [0.3, 0.4) is 0 Å². The molecule has 0 aliphatic carbocycles. The molecule has 3 aliphatic heterocycles. The van der Waals surface area contributed by atoms with Crippen LogP contribution in [-0.2, 0) is 70.3 Å². The number of quaternary nitrogens is 1. The molecule has 3 fully saturated rings. The SMILES string of the molecule is [NH3+][C@H]1CO[C@H](OP(=O)([O-])O[C@H]2O[C@H](CO[C@@H]3O[C@H](CO)[C@@H](OP(=O)([O-])[O-])[C@H](OC(=O)CCO)[C@H]3NC(=O)CCO)[C@@H](O)[C@H](OC(=O)CCO)[C@H]2NC(=O)CCO)[C@H](O)[C@H]1O. The lowest BCUT2D eigenvalue weighted by Crippen LogP contribution is -2.74. The number of rotatable bonds is 22. The fourth-order valence-electron chi connectivity index (χ4n) is 5.94. The van der Waals surface area contributed by atoms with E-state index in [0.717, 1.165) is 0 Å². The van der Waals surface area contributed by atoms with Gasteiger partial charge in [0, 0.05) is 12.8 Å². The molecule has 0 radical (unpaired) electrons. The van der Waals surface area contributed by atoms with Gasteiger partial charge in [0.2, 0.25) is 11.8 Å². The Labute approximate surface area is 339 Å². The van der Waals surface area contributed by atoms with Crippen molar-refractivity contribution in [3.8, 4) is 0 Å². The molecular formula is C29H49N3O26P2-2. The van der Waals surface area contributed by atoms with Crippen LogP contribution in [0.2, 0.25) is 0 Å². The highest BCUT2D eigenvalue weighted by atomic mass is 31.2. The van der Waals surface area contributed by atoms with Gasteiger partial charge in [-0.05, 0) is 0 Å². The third-order valence-electron chi connectivity index (χ3n) is 8.73. The molecule has 348 valence electrons. The number of hydrogen-bond acceptors (Lipinski definition) is 26. The Morgan fingerprint density at radius 2 is 1.15 bits per heavy atom. The Kier molecular flexibility index (Phi) is 20.7. The highest BCUT2D eigenvalue weighted by molar-refractivity contribution is 7.45. The first kappa shape index (κ1) is 51.9. The number of phosphoric acid groups is 2. The zero-order chi connectivity index (χ0) is 44.9. The summed E-state index contributed by atoms with van der Waals surface area (Å²) in [5.41, 5.74) is 3.53. The zero-order valence-corrected chi connectivity index (χ0v) is 33.2. The standard InChI is InChI=1S/C29H51N3O26P2/c30-12-10-50-29(23(44)21(12)42)58-60(48,49)57-28-19(31-15(38)1-5-33)25(54-17(40)3-7-35)22(43)14(53-28)11-51-27-20(32-16(39)2-6-34)26(55-18(41)4-8-36)24(13(9-37)52-27)56-59(45,46)47/h12-14,19-29,33-37,42-44H,1-11,30H2,(H,31,38)(H,32,39)(H,48,49)(H2,45,46,47)/p-2/t12-,13+,14+,19+,20+,21-,22+,23+,24+,25+,26+,27+,28+,29+/m0/s1. The van der Waals surface area contributed by atoms with Crippen LogP contribution in [0, 0.1) is 0 Å². The normalized spacial score (nSPS) is 34.5. The largest absolute Gasteiger partial charge is 0.790 e. The van der Waals surface area contributed by atoms with Crippen LogP contribution in [0.4, 0.5) is 0 Å². The summed E-state index contributed by atoms with van der Waals surface area (Å²) in [5, 5.41) is 83.6. The van der Waals surface area contributed by atoms with Gasteiger partial charge in [-0.3, -0.25) is 32.8 Å². The fourth-order valence-corrected chi connectivity index (χ4v) is 7.42. The molecule has 0 aromatic rings. The number of aliphatic hydroxyl groups is 8. The van der Waals surface area contributed by atoms with Gasteiger partial charge in [0.05, 0.1) is 60.3 Å². The molecule has 3 aliphatic rings. The van der Waals surface area contributed by atoms with Crippen molar-refractivity contribution in [3.63, 3.8) is 0 Å². The molecule has 0 bridgehead atoms. The van der Waals surface area contributed by atoms with Crippen molar-refractivity contribution in [2.75, 3.05) is 46.2 Å². The highest BCUT2D eigenvalue weighted by Gasteiger charge is 2.54. The van der Waals surface area contributed by atoms with Crippen LogP contribution in [0.25, 0.3) is 0 Å². The van der Waals surface area contributed by atoms with Crippen molar-refractivity contribution < 1.29 is 132 Å². The number of esters is 2. The molecule has 15 atom stereocenters. The molecule has 0 spiro atoms. The first-order valence-electron chi connectivity index (χ1n) is 18.0. The summed E-state index contributed by atoms with van der Waals surface area (Å²) in [4.78, 5) is 87.3. The quantitative estimate of drug-likeness (QED) is 0.0355. The lowest BCUT2D eigenvalue weighted by molar-refractivity contribution is -0.469. The van der Waals surface area contributed by atoms with Crippen molar-refractivity contribution in [2.24, 2.45) is 0 Å². The summed E-state index contributed by atoms with van der Waals surface area (Å²) in [6, 6.07) is -4.84. The van der Waals surface area contributed by atoms with Gasteiger partial charge in [-0.2, -0.15) is 0 Å². The van der Waals surface area contributed by atoms with E-state index < -0.39 is 197 Å². The summed E-state index contributed by atoms with van der Waals surface area (Å²) in [6.07, 6.45) is -25.3. The van der Waals surface area contributed by atoms with Gasteiger partial charge >= 0.3 is 11.9 Å². The average Bonchev–Trinajstić information content (AvgIpc) is 3.15. The van der Waals surface area contributed by atoms with Crippen LogP contribution in [0.15, 0.2) is 0 Å². The lowest BCUT2D eigenvalue weighted by Gasteiger charge is -2.49. The molecule has 0 aromatic carbocycles. The number of aliphatic hydroxyl groups excluding tert-OH is 8. The molecule has 3 heterocycles. The fraction of sp³-hybridized carbons (Fsp3) is 0.862. The van der Waals surface area contributed by atoms with Crippen molar-refractivity contribution >= 4 is 39.4 Å². The molecule has 0 aromatic heterocycles. The Morgan fingerprint density at radius 1 is 0.650 bits per heavy atom. The van der Waals surface area contributed by atoms with Crippen molar-refractivity contribution in [3.05, 3.63) is 0 Å². The zero-order valence-electron chi connectivity index (χ0n) is 31.4. The van der Waals surface area contributed by atoms with Gasteiger partial charge in [0.15, 0.2) is 31.1 Å². The van der Waals surface area contributed by atoms with Crippen molar-refractivity contribution in [1.82, 2.24) is 10.6 Å². The molecule has 3 saturated heterocycles. The van der Waals surface area contributed by atoms with Gasteiger partial charge < -0.3 is 109 Å². The summed E-state index contributed by atoms with van der Waals surface area (Å²) < 4.78 is 71.9. The molecule has 1 unspecified atom stereocenters. The number of carbonyl (C=O) groups is 4. The minimum Gasteiger partial charge on any atom is -0.790 e. The highest BCUT2D eigenvalue weighted by Crippen LogP contribution is 2.45. The Balaban J connectivity index is 2.04. The maximum absolute atomic E-state index is 13.2. The van der Waals surface area contributed by atoms with E-state index in [-0.39, 0.29) is 0 Å². The maximum Gasteiger partial charge on any atom is 0.308 e. The van der Waals surface area contributed by atoms with E-state index in [2.05, 4.69) is 20.9 Å². The second kappa shape index (κ2) is 23.9. The van der Waals surface area contributed by atoms with Crippen molar-refractivity contribution in [1.29, 1.82) is 0 Å². The average molecular weight is 918 g/mol. The number of amides is 2. The lowest BCUT2D eigenvalue weighted by atomic mass is 9.95. The van der Waals surface area contributed by atoms with E-state index in [1.54, 1.807) is 0 Å². The maximum atomic E-state index is 13.2. The second-order valence-electron chi connectivity index (χ2n) is 13.2.